The van der Waals surface area contributed by atoms with Crippen LogP contribution in [-0.2, 0) is 50.5 Å². The van der Waals surface area contributed by atoms with Crippen LogP contribution < -0.4 is 0 Å². The van der Waals surface area contributed by atoms with Crippen molar-refractivity contribution in [2.24, 2.45) is 0 Å². The number of hydrogen-bond acceptors (Lipinski definition) is 1. The van der Waals surface area contributed by atoms with Crippen molar-refractivity contribution in [3.63, 3.8) is 0 Å². The van der Waals surface area contributed by atoms with Crippen molar-refractivity contribution >= 4 is 10.6 Å². The van der Waals surface area contributed by atoms with Gasteiger partial charge in [0.2, 0.25) is 0 Å². The van der Waals surface area contributed by atoms with Gasteiger partial charge in [0.05, 0.1) is 0 Å². The molecule has 0 fully saturated rings. The molecular weight excluding hydrogens is 400 g/mol. The van der Waals surface area contributed by atoms with Gasteiger partial charge >= 0.3 is 172 Å². The molecule has 0 bridgehead atoms. The maximum atomic E-state index is 7.50. The average Bonchev–Trinajstić information content (AvgIpc) is 2.84. The molecule has 2 aromatic carbocycles. The van der Waals surface area contributed by atoms with Crippen LogP contribution in [-0.4, -0.2) is 4.57 Å². The SMILES string of the molecule is [C-]#[O+].[C-]#[O+].[C-]#[O+].[C-]#[O+].[C-]#[O+].[Cr]=[C](/C=C/c1ccccc1)OCc1ccccc1. The summed E-state index contributed by atoms with van der Waals surface area (Å²) in [6.45, 7) is 23.1. The molecule has 0 heterocycles. The minimum atomic E-state index is 0.586. The molecule has 2 aromatic rings. The molecule has 0 amide bonds. The van der Waals surface area contributed by atoms with E-state index in [2.05, 4.69) is 61.2 Å². The van der Waals surface area contributed by atoms with E-state index in [0.29, 0.717) is 6.61 Å². The normalized spacial score (nSPS) is 7.21. The zero-order chi connectivity index (χ0) is 22.6. The predicted molar refractivity (Wildman–Crippen MR) is 91.4 cm³/mol. The van der Waals surface area contributed by atoms with Gasteiger partial charge in [-0.1, -0.05) is 0 Å². The van der Waals surface area contributed by atoms with Gasteiger partial charge in [-0.2, -0.15) is 0 Å². The first-order valence-electron chi connectivity index (χ1n) is 6.80. The van der Waals surface area contributed by atoms with E-state index in [-0.39, 0.29) is 0 Å². The molecule has 0 aliphatic carbocycles. The molecule has 0 spiro atoms. The van der Waals surface area contributed by atoms with Crippen molar-refractivity contribution in [3.05, 3.63) is 111 Å². The van der Waals surface area contributed by atoms with Crippen LogP contribution in [0, 0.1) is 33.3 Å². The zero-order valence-electron chi connectivity index (χ0n) is 14.5. The monoisotopic (exact) mass is 414 g/mol. The second kappa shape index (κ2) is 32.0. The fourth-order valence-electron chi connectivity index (χ4n) is 1.51. The Morgan fingerprint density at radius 2 is 1.11 bits per heavy atom. The molecule has 140 valence electrons. The predicted octanol–water partition coefficient (Wildman–Crippen LogP) is 3.41. The summed E-state index contributed by atoms with van der Waals surface area (Å²) in [4.78, 5) is 0. The summed E-state index contributed by atoms with van der Waals surface area (Å²) < 4.78 is 43.9. The van der Waals surface area contributed by atoms with Gasteiger partial charge < -0.3 is 0 Å². The van der Waals surface area contributed by atoms with Crippen molar-refractivity contribution in [2.75, 3.05) is 0 Å². The Labute approximate surface area is 172 Å². The first kappa shape index (κ1) is 32.9. The number of benzene rings is 2. The van der Waals surface area contributed by atoms with Crippen molar-refractivity contribution in [3.8, 4) is 0 Å². The average molecular weight is 414 g/mol. The van der Waals surface area contributed by atoms with E-state index in [1.165, 1.54) is 5.56 Å². The first-order valence-corrected chi connectivity index (χ1v) is 7.44. The van der Waals surface area contributed by atoms with Crippen LogP contribution in [0.2, 0.25) is 0 Å². The van der Waals surface area contributed by atoms with Crippen LogP contribution in [0.4, 0.5) is 0 Å². The summed E-state index contributed by atoms with van der Waals surface area (Å²) in [6, 6.07) is 20.3. The van der Waals surface area contributed by atoms with Gasteiger partial charge in [0.1, 0.15) is 0 Å². The Kier molecular flexibility index (Phi) is 37.5. The minimum absolute atomic E-state index is 0.586. The third-order valence-electron chi connectivity index (χ3n) is 2.44. The van der Waals surface area contributed by atoms with Gasteiger partial charge in [-0.15, -0.1) is 0 Å². The molecule has 0 N–H and O–H groups in total. The molecule has 0 unspecified atom stereocenters. The molecular formula is C21H14CrO6. The summed E-state index contributed by atoms with van der Waals surface area (Å²) in [6.07, 6.45) is 3.97. The number of rotatable bonds is 5. The first-order chi connectivity index (χ1) is 13.8. The Bertz CT molecular complexity index is 693. The van der Waals surface area contributed by atoms with Crippen LogP contribution in [0.5, 0.6) is 0 Å². The molecule has 0 aliphatic heterocycles. The van der Waals surface area contributed by atoms with E-state index in [1.54, 1.807) is 0 Å². The Morgan fingerprint density at radius 1 is 0.714 bits per heavy atom. The van der Waals surface area contributed by atoms with Gasteiger partial charge in [-0.25, -0.2) is 0 Å². The third kappa shape index (κ3) is 21.3. The molecule has 0 radical (unpaired) electrons. The summed E-state index contributed by atoms with van der Waals surface area (Å²) >= 11 is 2.93. The number of ether oxygens (including phenoxy) is 1. The Morgan fingerprint density at radius 3 is 1.54 bits per heavy atom. The van der Waals surface area contributed by atoms with Crippen molar-refractivity contribution in [1.82, 2.24) is 0 Å². The van der Waals surface area contributed by atoms with Gasteiger partial charge in [-0.05, 0) is 0 Å². The van der Waals surface area contributed by atoms with E-state index < -0.39 is 0 Å². The van der Waals surface area contributed by atoms with Gasteiger partial charge in [0.15, 0.2) is 0 Å². The molecule has 2 rings (SSSR count). The fourth-order valence-corrected chi connectivity index (χ4v) is 1.70. The van der Waals surface area contributed by atoms with Gasteiger partial charge in [-0.3, -0.25) is 0 Å². The van der Waals surface area contributed by atoms with Crippen molar-refractivity contribution < 1.29 is 43.8 Å². The van der Waals surface area contributed by atoms with Crippen LogP contribution in [0.25, 0.3) is 6.08 Å². The fraction of sp³-hybridized carbons (Fsp3) is 0.0476. The van der Waals surface area contributed by atoms with Gasteiger partial charge in [0.25, 0.3) is 0 Å². The Balaban J connectivity index is -0.000000251. The zero-order valence-corrected chi connectivity index (χ0v) is 15.8. The standard InChI is InChI=1S/C16H14O.5CO.Cr/c1-3-8-15(9-4-1)12-7-13-17-14-16-10-5-2-6-11-16;5*1-2;/h1-12H,14H2;;;;;;/b12-7+;;;;;;. The third-order valence-corrected chi connectivity index (χ3v) is 2.83. The van der Waals surface area contributed by atoms with Crippen LogP contribution in [0.15, 0.2) is 66.7 Å². The number of hydrogen-bond donors (Lipinski definition) is 0. The summed E-state index contributed by atoms with van der Waals surface area (Å²) in [5.74, 6) is 0. The van der Waals surface area contributed by atoms with Crippen LogP contribution >= 0.6 is 0 Å². The van der Waals surface area contributed by atoms with Gasteiger partial charge in [0, 0.05) is 0 Å². The van der Waals surface area contributed by atoms with E-state index >= 15 is 0 Å². The summed E-state index contributed by atoms with van der Waals surface area (Å²) in [5, 5.41) is 0. The summed E-state index contributed by atoms with van der Waals surface area (Å²) in [7, 11) is 0. The van der Waals surface area contributed by atoms with E-state index in [0.717, 1.165) is 10.1 Å². The molecule has 6 nitrogen and oxygen atoms in total. The second-order valence-electron chi connectivity index (χ2n) is 3.84. The van der Waals surface area contributed by atoms with Crippen LogP contribution in [0.3, 0.4) is 0 Å². The van der Waals surface area contributed by atoms with Crippen molar-refractivity contribution in [1.29, 1.82) is 0 Å². The van der Waals surface area contributed by atoms with E-state index in [9.17, 15) is 0 Å². The quantitative estimate of drug-likeness (QED) is 0.542. The van der Waals surface area contributed by atoms with E-state index in [4.69, 9.17) is 28.0 Å². The summed E-state index contributed by atoms with van der Waals surface area (Å²) in [5.41, 5.74) is 2.33. The molecule has 28 heavy (non-hydrogen) atoms. The van der Waals surface area contributed by atoms with Crippen LogP contribution in [0.1, 0.15) is 11.1 Å². The topological polar surface area (TPSA) is 109 Å². The molecule has 0 aliphatic rings. The second-order valence-corrected chi connectivity index (χ2v) is 4.47. The molecule has 0 saturated carbocycles. The molecule has 7 heteroatoms. The van der Waals surface area contributed by atoms with E-state index in [1.807, 2.05) is 60.7 Å². The molecule has 0 aromatic heterocycles. The molecule has 0 atom stereocenters. The Hall–Kier alpha value is -2.76. The molecule has 0 saturated heterocycles. The van der Waals surface area contributed by atoms with Crippen molar-refractivity contribution in [2.45, 2.75) is 6.61 Å². The maximum absolute atomic E-state index is 7.50.